The molecule has 24 heavy (non-hydrogen) atoms. The molecule has 1 aliphatic rings. The number of hydrogen-bond donors (Lipinski definition) is 1. The van der Waals surface area contributed by atoms with Gasteiger partial charge in [0.1, 0.15) is 11.6 Å². The lowest BCUT2D eigenvalue weighted by atomic mass is 9.91. The van der Waals surface area contributed by atoms with Gasteiger partial charge in [-0.3, -0.25) is 4.79 Å². The summed E-state index contributed by atoms with van der Waals surface area (Å²) in [4.78, 5) is 31.4. The number of likely N-dealkylation sites (tertiary alicyclic amines) is 1. The van der Waals surface area contributed by atoms with Gasteiger partial charge >= 0.3 is 0 Å². The van der Waals surface area contributed by atoms with Crippen LogP contribution >= 0.6 is 0 Å². The Kier molecular flexibility index (Phi) is 4.80. The highest BCUT2D eigenvalue weighted by Gasteiger charge is 2.28. The molecular formula is C17H21N5O2. The van der Waals surface area contributed by atoms with Crippen LogP contribution in [0.1, 0.15) is 52.0 Å². The number of aliphatic hydroxyl groups is 1. The van der Waals surface area contributed by atoms with Gasteiger partial charge in [-0.2, -0.15) is 0 Å². The van der Waals surface area contributed by atoms with Gasteiger partial charge in [0.2, 0.25) is 0 Å². The maximum absolute atomic E-state index is 12.7. The molecule has 3 rings (SSSR count). The molecule has 1 atom stereocenters. The number of nitrogens with zero attached hydrogens (tertiary/aromatic N) is 5. The van der Waals surface area contributed by atoms with Crippen molar-refractivity contribution in [2.45, 2.75) is 39.2 Å². The summed E-state index contributed by atoms with van der Waals surface area (Å²) in [5.74, 6) is 1.37. The number of aromatic nitrogens is 4. The van der Waals surface area contributed by atoms with Crippen molar-refractivity contribution < 1.29 is 9.90 Å². The van der Waals surface area contributed by atoms with E-state index in [0.717, 1.165) is 24.1 Å². The minimum Gasteiger partial charge on any atom is -0.392 e. The Hall–Kier alpha value is -2.41. The molecule has 1 amide bonds. The Labute approximate surface area is 140 Å². The summed E-state index contributed by atoms with van der Waals surface area (Å²) in [6, 6.07) is 0. The largest absolute Gasteiger partial charge is 0.392 e. The number of amides is 1. The third-order valence-electron chi connectivity index (χ3n) is 4.31. The predicted octanol–water partition coefficient (Wildman–Crippen LogP) is 1.40. The second kappa shape index (κ2) is 7.00. The van der Waals surface area contributed by atoms with Crippen molar-refractivity contribution in [3.8, 4) is 0 Å². The highest BCUT2D eigenvalue weighted by Crippen LogP contribution is 2.28. The van der Waals surface area contributed by atoms with E-state index in [2.05, 4.69) is 19.9 Å². The quantitative estimate of drug-likeness (QED) is 0.916. The fourth-order valence-electron chi connectivity index (χ4n) is 3.06. The van der Waals surface area contributed by atoms with E-state index in [1.807, 2.05) is 11.8 Å². The van der Waals surface area contributed by atoms with Crippen LogP contribution in [0.15, 0.2) is 18.6 Å². The van der Waals surface area contributed by atoms with Gasteiger partial charge in [-0.05, 0) is 26.7 Å². The molecule has 126 valence electrons. The van der Waals surface area contributed by atoms with Crippen LogP contribution in [0.5, 0.6) is 0 Å². The van der Waals surface area contributed by atoms with Crippen LogP contribution < -0.4 is 0 Å². The van der Waals surface area contributed by atoms with Gasteiger partial charge in [-0.15, -0.1) is 0 Å². The zero-order valence-electron chi connectivity index (χ0n) is 13.9. The lowest BCUT2D eigenvalue weighted by molar-refractivity contribution is 0.0704. The molecule has 0 spiro atoms. The minimum absolute atomic E-state index is 0.0592. The molecule has 0 aromatic carbocycles. The van der Waals surface area contributed by atoms with Crippen LogP contribution in [-0.4, -0.2) is 48.9 Å². The van der Waals surface area contributed by atoms with Crippen molar-refractivity contribution in [1.82, 2.24) is 24.8 Å². The fourth-order valence-corrected chi connectivity index (χ4v) is 3.06. The molecule has 0 radical (unpaired) electrons. The second-order valence-corrected chi connectivity index (χ2v) is 6.10. The van der Waals surface area contributed by atoms with E-state index in [-0.39, 0.29) is 18.4 Å². The SMILES string of the molecule is Cc1ncc(C(=O)N2CCCC(c3nc(C)ncc3CO)C2)cn1. The summed E-state index contributed by atoms with van der Waals surface area (Å²) < 4.78 is 0. The first-order chi connectivity index (χ1) is 11.6. The van der Waals surface area contributed by atoms with Crippen molar-refractivity contribution in [3.63, 3.8) is 0 Å². The summed E-state index contributed by atoms with van der Waals surface area (Å²) in [6.45, 7) is 4.82. The normalized spacial score (nSPS) is 17.8. The average molecular weight is 327 g/mol. The molecule has 2 aromatic heterocycles. The maximum atomic E-state index is 12.7. The van der Waals surface area contributed by atoms with Gasteiger partial charge in [0.25, 0.3) is 5.91 Å². The third-order valence-corrected chi connectivity index (χ3v) is 4.31. The van der Waals surface area contributed by atoms with E-state index in [9.17, 15) is 9.90 Å². The lowest BCUT2D eigenvalue weighted by Gasteiger charge is -2.33. The molecule has 0 aliphatic carbocycles. The monoisotopic (exact) mass is 327 g/mol. The molecule has 0 saturated carbocycles. The number of piperidine rings is 1. The zero-order valence-corrected chi connectivity index (χ0v) is 13.9. The van der Waals surface area contributed by atoms with Gasteiger partial charge in [0.15, 0.2) is 0 Å². The molecular weight excluding hydrogens is 306 g/mol. The molecule has 7 nitrogen and oxygen atoms in total. The van der Waals surface area contributed by atoms with Crippen molar-refractivity contribution in [1.29, 1.82) is 0 Å². The highest BCUT2D eigenvalue weighted by molar-refractivity contribution is 5.93. The summed E-state index contributed by atoms with van der Waals surface area (Å²) in [6.07, 6.45) is 6.66. The number of carbonyl (C=O) groups is 1. The summed E-state index contributed by atoms with van der Waals surface area (Å²) in [7, 11) is 0. The summed E-state index contributed by atoms with van der Waals surface area (Å²) in [5, 5.41) is 9.54. The van der Waals surface area contributed by atoms with Gasteiger partial charge in [0, 0.05) is 43.2 Å². The first kappa shape index (κ1) is 16.4. The maximum Gasteiger partial charge on any atom is 0.257 e. The van der Waals surface area contributed by atoms with E-state index in [4.69, 9.17) is 0 Å². The summed E-state index contributed by atoms with van der Waals surface area (Å²) >= 11 is 0. The minimum atomic E-state index is -0.0914. The molecule has 1 aliphatic heterocycles. The van der Waals surface area contributed by atoms with E-state index < -0.39 is 0 Å². The number of aryl methyl sites for hydroxylation is 2. The van der Waals surface area contributed by atoms with Gasteiger partial charge < -0.3 is 10.0 Å². The van der Waals surface area contributed by atoms with E-state index in [1.165, 1.54) is 0 Å². The predicted molar refractivity (Wildman–Crippen MR) is 87.3 cm³/mol. The Morgan fingerprint density at radius 2 is 1.92 bits per heavy atom. The van der Waals surface area contributed by atoms with Crippen molar-refractivity contribution in [3.05, 3.63) is 47.1 Å². The highest BCUT2D eigenvalue weighted by atomic mass is 16.3. The number of hydrogen-bond acceptors (Lipinski definition) is 6. The Bertz CT molecular complexity index is 732. The van der Waals surface area contributed by atoms with Gasteiger partial charge in [0.05, 0.1) is 17.9 Å². The first-order valence-electron chi connectivity index (χ1n) is 8.09. The van der Waals surface area contributed by atoms with E-state index in [1.54, 1.807) is 25.5 Å². The molecule has 3 heterocycles. The molecule has 7 heteroatoms. The van der Waals surface area contributed by atoms with Crippen LogP contribution in [0.4, 0.5) is 0 Å². The lowest BCUT2D eigenvalue weighted by Crippen LogP contribution is -2.39. The third kappa shape index (κ3) is 3.41. The topological polar surface area (TPSA) is 92.1 Å². The zero-order chi connectivity index (χ0) is 17.1. The van der Waals surface area contributed by atoms with Crippen LogP contribution in [0.2, 0.25) is 0 Å². The van der Waals surface area contributed by atoms with E-state index >= 15 is 0 Å². The number of carbonyl (C=O) groups excluding carboxylic acids is 1. The average Bonchev–Trinajstić information content (AvgIpc) is 2.62. The van der Waals surface area contributed by atoms with Crippen LogP contribution in [0.3, 0.4) is 0 Å². The van der Waals surface area contributed by atoms with E-state index in [0.29, 0.717) is 30.3 Å². The number of rotatable bonds is 3. The molecule has 2 aromatic rings. The fraction of sp³-hybridized carbons (Fsp3) is 0.471. The van der Waals surface area contributed by atoms with Crippen molar-refractivity contribution in [2.75, 3.05) is 13.1 Å². The molecule has 1 fully saturated rings. The van der Waals surface area contributed by atoms with Crippen LogP contribution in [0.25, 0.3) is 0 Å². The van der Waals surface area contributed by atoms with Crippen LogP contribution in [-0.2, 0) is 6.61 Å². The molecule has 1 unspecified atom stereocenters. The van der Waals surface area contributed by atoms with Gasteiger partial charge in [-0.25, -0.2) is 19.9 Å². The Balaban J connectivity index is 1.80. The standard InChI is InChI=1S/C17H21N5O2/c1-11-18-6-14(7-19-11)17(24)22-5-3-4-13(9-22)16-15(10-23)8-20-12(2)21-16/h6-8,13,23H,3-5,9-10H2,1-2H3. The Morgan fingerprint density at radius 3 is 2.62 bits per heavy atom. The van der Waals surface area contributed by atoms with Gasteiger partial charge in [-0.1, -0.05) is 0 Å². The molecule has 0 bridgehead atoms. The Morgan fingerprint density at radius 1 is 1.21 bits per heavy atom. The second-order valence-electron chi connectivity index (χ2n) is 6.10. The van der Waals surface area contributed by atoms with Crippen molar-refractivity contribution in [2.24, 2.45) is 0 Å². The van der Waals surface area contributed by atoms with Crippen molar-refractivity contribution >= 4 is 5.91 Å². The smallest absolute Gasteiger partial charge is 0.257 e. The molecule has 1 saturated heterocycles. The number of aliphatic hydroxyl groups excluding tert-OH is 1. The first-order valence-corrected chi connectivity index (χ1v) is 8.09. The summed E-state index contributed by atoms with van der Waals surface area (Å²) in [5.41, 5.74) is 2.09. The molecule has 1 N–H and O–H groups in total. The van der Waals surface area contributed by atoms with Crippen LogP contribution in [0, 0.1) is 13.8 Å².